The third-order valence-electron chi connectivity index (χ3n) is 6.57. The lowest BCUT2D eigenvalue weighted by atomic mass is 9.78. The summed E-state index contributed by atoms with van der Waals surface area (Å²) >= 11 is 0. The molecule has 0 saturated carbocycles. The summed E-state index contributed by atoms with van der Waals surface area (Å²) in [7, 11) is 0. The second-order valence-electron chi connectivity index (χ2n) is 8.73. The summed E-state index contributed by atoms with van der Waals surface area (Å²) in [5.74, 6) is 0.427. The molecule has 33 heavy (non-hydrogen) atoms. The van der Waals surface area contributed by atoms with Gasteiger partial charge in [0.05, 0.1) is 11.1 Å². The first-order valence-corrected chi connectivity index (χ1v) is 11.6. The van der Waals surface area contributed by atoms with Gasteiger partial charge in [-0.2, -0.15) is 0 Å². The molecule has 2 amide bonds. The van der Waals surface area contributed by atoms with Crippen LogP contribution in [0.15, 0.2) is 59.1 Å². The van der Waals surface area contributed by atoms with Gasteiger partial charge in [-0.3, -0.25) is 9.59 Å². The Bertz CT molecular complexity index is 1140. The second kappa shape index (κ2) is 9.61. The highest BCUT2D eigenvalue weighted by Crippen LogP contribution is 2.38. The van der Waals surface area contributed by atoms with Crippen LogP contribution in [0.25, 0.3) is 11.1 Å². The number of hydrogen-bond donors (Lipinski definition) is 1. The molecule has 1 saturated heterocycles. The van der Waals surface area contributed by atoms with Crippen LogP contribution in [0.4, 0.5) is 0 Å². The van der Waals surface area contributed by atoms with Gasteiger partial charge in [-0.1, -0.05) is 66.7 Å². The van der Waals surface area contributed by atoms with Crippen LogP contribution in [0.1, 0.15) is 47.6 Å². The van der Waals surface area contributed by atoms with Crippen LogP contribution in [0.5, 0.6) is 0 Å². The van der Waals surface area contributed by atoms with Gasteiger partial charge < -0.3 is 14.7 Å². The monoisotopic (exact) mass is 445 g/mol. The largest absolute Gasteiger partial charge is 0.361 e. The van der Waals surface area contributed by atoms with Crippen molar-refractivity contribution in [1.29, 1.82) is 0 Å². The summed E-state index contributed by atoms with van der Waals surface area (Å²) in [6.07, 6.45) is 1.80. The molecule has 1 fully saturated rings. The number of nitrogens with one attached hydrogen (secondary N) is 1. The van der Waals surface area contributed by atoms with Crippen molar-refractivity contribution in [1.82, 2.24) is 15.4 Å². The van der Waals surface area contributed by atoms with Gasteiger partial charge >= 0.3 is 0 Å². The Balaban J connectivity index is 1.66. The van der Waals surface area contributed by atoms with Crippen molar-refractivity contribution in [3.05, 3.63) is 77.2 Å². The summed E-state index contributed by atoms with van der Waals surface area (Å²) in [4.78, 5) is 28.6. The zero-order valence-electron chi connectivity index (χ0n) is 19.6. The number of likely N-dealkylation sites (tertiary alicyclic amines) is 1. The summed E-state index contributed by atoms with van der Waals surface area (Å²) in [6.45, 7) is 7.10. The van der Waals surface area contributed by atoms with Crippen LogP contribution in [-0.2, 0) is 17.6 Å². The Hall–Kier alpha value is -3.41. The number of aromatic nitrogens is 1. The van der Waals surface area contributed by atoms with Gasteiger partial charge in [0, 0.05) is 19.6 Å². The number of amides is 2. The fraction of sp³-hybridized carbons (Fsp3) is 0.370. The lowest BCUT2D eigenvalue weighted by Gasteiger charge is -2.29. The van der Waals surface area contributed by atoms with Gasteiger partial charge in [0.15, 0.2) is 0 Å². The van der Waals surface area contributed by atoms with Crippen molar-refractivity contribution < 1.29 is 14.1 Å². The standard InChI is InChI=1S/C27H31N3O3/c1-4-23-24(19(3)33-29-23)25(31)30-16-15-27(18-30,26(32)28-5-2)17-21-13-9-10-14-22(21)20-11-7-6-8-12-20/h6-14H,4-5,15-18H2,1-3H3,(H,28,32)/t27-/m1/s1. The van der Waals surface area contributed by atoms with Crippen LogP contribution in [-0.4, -0.2) is 41.5 Å². The van der Waals surface area contributed by atoms with Gasteiger partial charge in [-0.15, -0.1) is 0 Å². The zero-order valence-corrected chi connectivity index (χ0v) is 19.6. The van der Waals surface area contributed by atoms with Gasteiger partial charge in [-0.25, -0.2) is 0 Å². The number of hydrogen-bond acceptors (Lipinski definition) is 4. The topological polar surface area (TPSA) is 75.4 Å². The van der Waals surface area contributed by atoms with Crippen molar-refractivity contribution in [2.45, 2.75) is 40.0 Å². The first kappa shape index (κ1) is 22.8. The predicted molar refractivity (Wildman–Crippen MR) is 128 cm³/mol. The van der Waals surface area contributed by atoms with E-state index in [1.807, 2.05) is 44.2 Å². The van der Waals surface area contributed by atoms with Crippen molar-refractivity contribution in [3.8, 4) is 11.1 Å². The summed E-state index contributed by atoms with van der Waals surface area (Å²) < 4.78 is 5.29. The number of aryl methyl sites for hydroxylation is 2. The molecule has 2 aromatic carbocycles. The third-order valence-corrected chi connectivity index (χ3v) is 6.57. The average Bonchev–Trinajstić information content (AvgIpc) is 3.44. The van der Waals surface area contributed by atoms with Crippen molar-refractivity contribution >= 4 is 11.8 Å². The lowest BCUT2D eigenvalue weighted by molar-refractivity contribution is -0.130. The first-order chi connectivity index (χ1) is 16.0. The van der Waals surface area contributed by atoms with Gasteiger partial charge in [-0.05, 0) is 49.8 Å². The molecule has 0 radical (unpaired) electrons. The van der Waals surface area contributed by atoms with Crippen LogP contribution in [0, 0.1) is 12.3 Å². The number of rotatable bonds is 7. The molecule has 3 aromatic rings. The molecule has 0 spiro atoms. The molecule has 1 aliphatic rings. The van der Waals surface area contributed by atoms with E-state index in [1.54, 1.807) is 11.8 Å². The quantitative estimate of drug-likeness (QED) is 0.584. The lowest BCUT2D eigenvalue weighted by Crippen LogP contribution is -2.45. The molecule has 6 nitrogen and oxygen atoms in total. The number of carbonyl (C=O) groups is 2. The SMILES string of the molecule is CCNC(=O)[C@@]1(Cc2ccccc2-c2ccccc2)CCN(C(=O)c2c(CC)noc2C)C1. The first-order valence-electron chi connectivity index (χ1n) is 11.6. The summed E-state index contributed by atoms with van der Waals surface area (Å²) in [5, 5.41) is 7.07. The molecule has 1 atom stereocenters. The van der Waals surface area contributed by atoms with E-state index in [0.29, 0.717) is 55.9 Å². The molecule has 0 aliphatic carbocycles. The second-order valence-corrected chi connectivity index (χ2v) is 8.73. The van der Waals surface area contributed by atoms with Gasteiger partial charge in [0.2, 0.25) is 5.91 Å². The minimum atomic E-state index is -0.687. The summed E-state index contributed by atoms with van der Waals surface area (Å²) in [6, 6.07) is 18.4. The number of carbonyl (C=O) groups excluding carboxylic acids is 2. The maximum Gasteiger partial charge on any atom is 0.259 e. The fourth-order valence-corrected chi connectivity index (χ4v) is 4.83. The zero-order chi connectivity index (χ0) is 23.4. The van der Waals surface area contributed by atoms with E-state index in [1.165, 1.54) is 0 Å². The van der Waals surface area contributed by atoms with E-state index >= 15 is 0 Å². The maximum atomic E-state index is 13.4. The molecule has 6 heteroatoms. The molecule has 172 valence electrons. The van der Waals surface area contributed by atoms with E-state index < -0.39 is 5.41 Å². The van der Waals surface area contributed by atoms with E-state index in [0.717, 1.165) is 16.7 Å². The maximum absolute atomic E-state index is 13.4. The minimum Gasteiger partial charge on any atom is -0.361 e. The molecule has 2 heterocycles. The summed E-state index contributed by atoms with van der Waals surface area (Å²) in [5.41, 5.74) is 3.87. The highest BCUT2D eigenvalue weighted by atomic mass is 16.5. The molecule has 0 bridgehead atoms. The Kier molecular flexibility index (Phi) is 6.63. The third kappa shape index (κ3) is 4.42. The molecule has 4 rings (SSSR count). The van der Waals surface area contributed by atoms with Crippen LogP contribution >= 0.6 is 0 Å². The molecule has 1 N–H and O–H groups in total. The van der Waals surface area contributed by atoms with Crippen molar-refractivity contribution in [3.63, 3.8) is 0 Å². The Morgan fingerprint density at radius 3 is 2.55 bits per heavy atom. The molecule has 1 aliphatic heterocycles. The Labute approximate surface area is 195 Å². The normalized spacial score (nSPS) is 17.8. The molecule has 1 aromatic heterocycles. The highest BCUT2D eigenvalue weighted by molar-refractivity contribution is 5.97. The Morgan fingerprint density at radius 1 is 1.09 bits per heavy atom. The molecular weight excluding hydrogens is 414 g/mol. The van der Waals surface area contributed by atoms with Crippen molar-refractivity contribution in [2.75, 3.05) is 19.6 Å². The van der Waals surface area contributed by atoms with Crippen LogP contribution in [0.3, 0.4) is 0 Å². The van der Waals surface area contributed by atoms with E-state index in [-0.39, 0.29) is 11.8 Å². The van der Waals surface area contributed by atoms with Gasteiger partial charge in [0.25, 0.3) is 5.91 Å². The van der Waals surface area contributed by atoms with Crippen molar-refractivity contribution in [2.24, 2.45) is 5.41 Å². The van der Waals surface area contributed by atoms with E-state index in [2.05, 4.69) is 34.7 Å². The van der Waals surface area contributed by atoms with E-state index in [4.69, 9.17) is 4.52 Å². The van der Waals surface area contributed by atoms with Crippen LogP contribution in [0.2, 0.25) is 0 Å². The van der Waals surface area contributed by atoms with E-state index in [9.17, 15) is 9.59 Å². The smallest absolute Gasteiger partial charge is 0.259 e. The Morgan fingerprint density at radius 2 is 1.82 bits per heavy atom. The fourth-order valence-electron chi connectivity index (χ4n) is 4.83. The molecular formula is C27H31N3O3. The minimum absolute atomic E-state index is 0.000852. The van der Waals surface area contributed by atoms with Crippen LogP contribution < -0.4 is 5.32 Å². The number of nitrogens with zero attached hydrogens (tertiary/aromatic N) is 2. The average molecular weight is 446 g/mol. The molecule has 0 unspecified atom stereocenters. The predicted octanol–water partition coefficient (Wildman–Crippen LogP) is 4.42. The number of benzene rings is 2. The highest BCUT2D eigenvalue weighted by Gasteiger charge is 2.46. The van der Waals surface area contributed by atoms with Gasteiger partial charge in [0.1, 0.15) is 11.3 Å².